The molecular formula is C11H13NO3. The highest BCUT2D eigenvalue weighted by Gasteiger charge is 2.13. The molecule has 0 fully saturated rings. The molecular weight excluding hydrogens is 194 g/mol. The molecule has 1 aromatic rings. The van der Waals surface area contributed by atoms with Gasteiger partial charge >= 0.3 is 5.97 Å². The second-order valence-corrected chi connectivity index (χ2v) is 3.44. The Labute approximate surface area is 88.3 Å². The normalized spacial score (nSPS) is 10.1. The van der Waals surface area contributed by atoms with Crippen LogP contribution in [0.3, 0.4) is 0 Å². The van der Waals surface area contributed by atoms with Crippen LogP contribution in [0.1, 0.15) is 34.7 Å². The number of nitrogens with zero attached hydrogens (tertiary/aromatic N) is 1. The second kappa shape index (κ2) is 4.68. The quantitative estimate of drug-likeness (QED) is 0.559. The summed E-state index contributed by atoms with van der Waals surface area (Å²) in [5.41, 5.74) is 0.718. The average Bonchev–Trinajstić information content (AvgIpc) is 2.27. The summed E-state index contributed by atoms with van der Waals surface area (Å²) >= 11 is 0. The third-order valence-corrected chi connectivity index (χ3v) is 1.96. The second-order valence-electron chi connectivity index (χ2n) is 3.44. The van der Waals surface area contributed by atoms with Gasteiger partial charge in [-0.15, -0.1) is 0 Å². The van der Waals surface area contributed by atoms with Crippen molar-refractivity contribution in [3.05, 3.63) is 29.6 Å². The molecule has 0 N–H and O–H groups in total. The van der Waals surface area contributed by atoms with Crippen molar-refractivity contribution in [3.8, 4) is 0 Å². The van der Waals surface area contributed by atoms with Crippen molar-refractivity contribution in [1.29, 1.82) is 0 Å². The van der Waals surface area contributed by atoms with Gasteiger partial charge in [0.2, 0.25) is 0 Å². The van der Waals surface area contributed by atoms with E-state index in [1.54, 1.807) is 13.8 Å². The van der Waals surface area contributed by atoms with Gasteiger partial charge in [0.25, 0.3) is 0 Å². The van der Waals surface area contributed by atoms with E-state index in [1.807, 2.05) is 0 Å². The molecule has 0 atom stereocenters. The zero-order chi connectivity index (χ0) is 11.4. The SMILES string of the molecule is COC(=O)c1ccc(C(=O)C(C)C)nc1. The average molecular weight is 207 g/mol. The van der Waals surface area contributed by atoms with Crippen LogP contribution in [0.2, 0.25) is 0 Å². The molecule has 0 aliphatic rings. The molecule has 0 unspecified atom stereocenters. The molecule has 15 heavy (non-hydrogen) atoms. The van der Waals surface area contributed by atoms with Crippen LogP contribution >= 0.6 is 0 Å². The van der Waals surface area contributed by atoms with Gasteiger partial charge in [-0.1, -0.05) is 13.8 Å². The van der Waals surface area contributed by atoms with E-state index in [-0.39, 0.29) is 11.7 Å². The molecule has 0 spiro atoms. The van der Waals surface area contributed by atoms with E-state index < -0.39 is 5.97 Å². The summed E-state index contributed by atoms with van der Waals surface area (Å²) in [6.07, 6.45) is 1.35. The van der Waals surface area contributed by atoms with Crippen LogP contribution in [-0.2, 0) is 4.74 Å². The number of Topliss-reactive ketones (excluding diaryl/α,β-unsaturated/α-hetero) is 1. The Morgan fingerprint density at radius 3 is 2.40 bits per heavy atom. The van der Waals surface area contributed by atoms with E-state index in [0.717, 1.165) is 0 Å². The number of carbonyl (C=O) groups is 2. The molecule has 0 saturated carbocycles. The van der Waals surface area contributed by atoms with Gasteiger partial charge in [-0.2, -0.15) is 0 Å². The topological polar surface area (TPSA) is 56.3 Å². The molecule has 0 aliphatic carbocycles. The van der Waals surface area contributed by atoms with Crippen molar-refractivity contribution in [2.45, 2.75) is 13.8 Å². The van der Waals surface area contributed by atoms with Crippen LogP contribution in [0.5, 0.6) is 0 Å². The lowest BCUT2D eigenvalue weighted by Crippen LogP contribution is -2.10. The Morgan fingerprint density at radius 2 is 2.00 bits per heavy atom. The fraction of sp³-hybridized carbons (Fsp3) is 0.364. The van der Waals surface area contributed by atoms with Crippen molar-refractivity contribution in [2.24, 2.45) is 5.92 Å². The van der Waals surface area contributed by atoms with Gasteiger partial charge in [0.15, 0.2) is 5.78 Å². The van der Waals surface area contributed by atoms with Crippen molar-refractivity contribution in [2.75, 3.05) is 7.11 Å². The van der Waals surface area contributed by atoms with Gasteiger partial charge in [0.05, 0.1) is 12.7 Å². The maximum Gasteiger partial charge on any atom is 0.339 e. The number of ether oxygens (including phenoxy) is 1. The summed E-state index contributed by atoms with van der Waals surface area (Å²) < 4.78 is 4.52. The van der Waals surface area contributed by atoms with Crippen LogP contribution in [0.4, 0.5) is 0 Å². The Hall–Kier alpha value is -1.71. The number of pyridine rings is 1. The number of aromatic nitrogens is 1. The highest BCUT2D eigenvalue weighted by Crippen LogP contribution is 2.07. The predicted octanol–water partition coefficient (Wildman–Crippen LogP) is 1.71. The van der Waals surface area contributed by atoms with Gasteiger partial charge in [-0.3, -0.25) is 9.78 Å². The maximum atomic E-state index is 11.5. The first kappa shape index (κ1) is 11.4. The zero-order valence-electron chi connectivity index (χ0n) is 8.98. The largest absolute Gasteiger partial charge is 0.465 e. The molecule has 80 valence electrons. The number of carbonyl (C=O) groups excluding carboxylic acids is 2. The van der Waals surface area contributed by atoms with Crippen LogP contribution in [0.25, 0.3) is 0 Å². The molecule has 0 saturated heterocycles. The standard InChI is InChI=1S/C11H13NO3/c1-7(2)10(13)9-5-4-8(6-12-9)11(14)15-3/h4-7H,1-3H3. The highest BCUT2D eigenvalue weighted by molar-refractivity contribution is 5.96. The van der Waals surface area contributed by atoms with Gasteiger partial charge in [-0.05, 0) is 12.1 Å². The first-order chi connectivity index (χ1) is 7.06. The number of ketones is 1. The summed E-state index contributed by atoms with van der Waals surface area (Å²) in [4.78, 5) is 26.5. The van der Waals surface area contributed by atoms with E-state index in [9.17, 15) is 9.59 Å². The first-order valence-corrected chi connectivity index (χ1v) is 4.65. The molecule has 0 aromatic carbocycles. The van der Waals surface area contributed by atoms with E-state index in [1.165, 1.54) is 25.4 Å². The zero-order valence-corrected chi connectivity index (χ0v) is 8.98. The molecule has 1 rings (SSSR count). The smallest absolute Gasteiger partial charge is 0.339 e. The van der Waals surface area contributed by atoms with Crippen LogP contribution in [0.15, 0.2) is 18.3 Å². The molecule has 1 heterocycles. The van der Waals surface area contributed by atoms with E-state index in [0.29, 0.717) is 11.3 Å². The summed E-state index contributed by atoms with van der Waals surface area (Å²) in [6.45, 7) is 3.61. The third-order valence-electron chi connectivity index (χ3n) is 1.96. The molecule has 0 radical (unpaired) electrons. The van der Waals surface area contributed by atoms with Crippen molar-refractivity contribution in [3.63, 3.8) is 0 Å². The fourth-order valence-electron chi connectivity index (χ4n) is 1.07. The minimum Gasteiger partial charge on any atom is -0.465 e. The monoisotopic (exact) mass is 207 g/mol. The lowest BCUT2D eigenvalue weighted by Gasteiger charge is -2.03. The van der Waals surface area contributed by atoms with Gasteiger partial charge in [0.1, 0.15) is 5.69 Å². The Balaban J connectivity index is 2.90. The molecule has 4 nitrogen and oxygen atoms in total. The van der Waals surface area contributed by atoms with Gasteiger partial charge < -0.3 is 4.74 Å². The molecule has 0 aliphatic heterocycles. The summed E-state index contributed by atoms with van der Waals surface area (Å²) in [5, 5.41) is 0. The Kier molecular flexibility index (Phi) is 3.55. The molecule has 1 aromatic heterocycles. The van der Waals surface area contributed by atoms with Crippen LogP contribution in [0, 0.1) is 5.92 Å². The maximum absolute atomic E-state index is 11.5. The Bertz CT molecular complexity index is 368. The lowest BCUT2D eigenvalue weighted by atomic mass is 10.1. The van der Waals surface area contributed by atoms with Gasteiger partial charge in [-0.25, -0.2) is 4.79 Å². The fourth-order valence-corrected chi connectivity index (χ4v) is 1.07. The summed E-state index contributed by atoms with van der Waals surface area (Å²) in [6, 6.07) is 3.07. The summed E-state index contributed by atoms with van der Waals surface area (Å²) in [7, 11) is 1.30. The van der Waals surface area contributed by atoms with E-state index in [2.05, 4.69) is 9.72 Å². The highest BCUT2D eigenvalue weighted by atomic mass is 16.5. The predicted molar refractivity (Wildman–Crippen MR) is 54.7 cm³/mol. The number of rotatable bonds is 3. The summed E-state index contributed by atoms with van der Waals surface area (Å²) in [5.74, 6) is -0.584. The molecule has 0 amide bonds. The van der Waals surface area contributed by atoms with Crippen LogP contribution in [-0.4, -0.2) is 23.8 Å². The van der Waals surface area contributed by atoms with Crippen molar-refractivity contribution in [1.82, 2.24) is 4.98 Å². The number of hydrogen-bond acceptors (Lipinski definition) is 4. The van der Waals surface area contributed by atoms with E-state index in [4.69, 9.17) is 0 Å². The lowest BCUT2D eigenvalue weighted by molar-refractivity contribution is 0.0599. The number of esters is 1. The number of hydrogen-bond donors (Lipinski definition) is 0. The van der Waals surface area contributed by atoms with Crippen LogP contribution < -0.4 is 0 Å². The Morgan fingerprint density at radius 1 is 1.33 bits per heavy atom. The van der Waals surface area contributed by atoms with Gasteiger partial charge in [0, 0.05) is 12.1 Å². The minimum atomic E-state index is -0.453. The minimum absolute atomic E-state index is 0.0357. The molecule has 4 heteroatoms. The van der Waals surface area contributed by atoms with Crippen molar-refractivity contribution >= 4 is 11.8 Å². The third kappa shape index (κ3) is 2.62. The van der Waals surface area contributed by atoms with E-state index >= 15 is 0 Å². The van der Waals surface area contributed by atoms with Crippen molar-refractivity contribution < 1.29 is 14.3 Å². The molecule has 0 bridgehead atoms. The first-order valence-electron chi connectivity index (χ1n) is 4.65. The number of methoxy groups -OCH3 is 1.